The molecule has 0 radical (unpaired) electrons. The molecule has 8 heteroatoms. The van der Waals surface area contributed by atoms with Crippen molar-refractivity contribution in [1.29, 1.82) is 0 Å². The molecule has 4 atom stereocenters. The zero-order chi connectivity index (χ0) is 23.4. The van der Waals surface area contributed by atoms with Crippen molar-refractivity contribution in [2.75, 3.05) is 11.9 Å². The van der Waals surface area contributed by atoms with Gasteiger partial charge in [0.05, 0.1) is 10.8 Å². The molecule has 1 aromatic heterocycles. The fourth-order valence-electron chi connectivity index (χ4n) is 6.42. The second-order valence-electron chi connectivity index (χ2n) is 9.13. The van der Waals surface area contributed by atoms with Gasteiger partial charge in [-0.05, 0) is 43.1 Å². The van der Waals surface area contributed by atoms with E-state index in [0.717, 1.165) is 18.4 Å². The number of aromatic nitrogens is 1. The van der Waals surface area contributed by atoms with Crippen molar-refractivity contribution >= 4 is 23.1 Å². The minimum absolute atomic E-state index is 0.0214. The van der Waals surface area contributed by atoms with E-state index in [4.69, 9.17) is 0 Å². The Hall–Kier alpha value is -3.91. The number of anilines is 1. The van der Waals surface area contributed by atoms with Gasteiger partial charge in [0.25, 0.3) is 5.69 Å². The van der Waals surface area contributed by atoms with Crippen LogP contribution in [-0.2, 0) is 10.3 Å². The molecular formula is C26H22N4O4. The highest BCUT2D eigenvalue weighted by Gasteiger charge is 2.69. The molecule has 1 N–H and O–H groups in total. The number of hydrogen-bond donors (Lipinski definition) is 1. The normalized spacial score (nSPS) is 27.4. The number of nitro groups is 1. The van der Waals surface area contributed by atoms with Gasteiger partial charge in [0.2, 0.25) is 5.91 Å². The van der Waals surface area contributed by atoms with E-state index in [-0.39, 0.29) is 29.3 Å². The van der Waals surface area contributed by atoms with Crippen LogP contribution in [-0.4, -0.2) is 39.1 Å². The first-order valence-corrected chi connectivity index (χ1v) is 11.4. The standard InChI is InChI=1S/C26H22N4O4/c31-24(17-7-4-12-27-15-17)23-22(16-6-3-8-18(14-16)30(33)34)21-11-5-13-29(21)26(23)19-9-1-2-10-20(19)28-25(26)32/h1-4,6-10,12,14-15,21-23H,5,11,13H2,(H,28,32)/t21-,22-,23-,26-/m1/s1. The van der Waals surface area contributed by atoms with Gasteiger partial charge in [0.15, 0.2) is 5.78 Å². The van der Waals surface area contributed by atoms with Crippen LogP contribution in [0.25, 0.3) is 0 Å². The van der Waals surface area contributed by atoms with Gasteiger partial charge in [-0.2, -0.15) is 0 Å². The van der Waals surface area contributed by atoms with Crippen molar-refractivity contribution in [3.63, 3.8) is 0 Å². The Morgan fingerprint density at radius 1 is 1.15 bits per heavy atom. The summed E-state index contributed by atoms with van der Waals surface area (Å²) in [5.74, 6) is -1.53. The lowest BCUT2D eigenvalue weighted by Crippen LogP contribution is -2.52. The van der Waals surface area contributed by atoms with Gasteiger partial charge in [-0.25, -0.2) is 0 Å². The smallest absolute Gasteiger partial charge is 0.269 e. The van der Waals surface area contributed by atoms with Crippen molar-refractivity contribution < 1.29 is 14.5 Å². The third-order valence-corrected chi connectivity index (χ3v) is 7.60. The van der Waals surface area contributed by atoms with Crippen molar-refractivity contribution in [3.05, 3.63) is 99.9 Å². The van der Waals surface area contributed by atoms with Crippen LogP contribution in [0.5, 0.6) is 0 Å². The number of rotatable bonds is 4. The fraction of sp³-hybridized carbons (Fsp3) is 0.269. The van der Waals surface area contributed by atoms with Gasteiger partial charge in [-0.3, -0.25) is 29.6 Å². The van der Waals surface area contributed by atoms with E-state index in [1.807, 2.05) is 30.3 Å². The maximum Gasteiger partial charge on any atom is 0.269 e. The van der Waals surface area contributed by atoms with E-state index < -0.39 is 16.4 Å². The summed E-state index contributed by atoms with van der Waals surface area (Å²) >= 11 is 0. The monoisotopic (exact) mass is 454 g/mol. The molecule has 3 aliphatic rings. The van der Waals surface area contributed by atoms with Gasteiger partial charge in [-0.15, -0.1) is 0 Å². The molecule has 3 aromatic rings. The Labute approximate surface area is 195 Å². The minimum atomic E-state index is -1.18. The van der Waals surface area contributed by atoms with E-state index in [2.05, 4.69) is 15.2 Å². The number of nitro benzene ring substituents is 1. The SMILES string of the molecule is O=C(c1cccnc1)[C@H]1[C@H](c2cccc([N+](=O)[O-])c2)[C@H]2CCCN2[C@@]12C(=O)Nc1ccccc12. The van der Waals surface area contributed by atoms with E-state index >= 15 is 0 Å². The van der Waals surface area contributed by atoms with Crippen LogP contribution in [0.15, 0.2) is 73.1 Å². The molecule has 3 aliphatic heterocycles. The number of benzene rings is 2. The van der Waals surface area contributed by atoms with E-state index in [0.29, 0.717) is 23.4 Å². The van der Waals surface area contributed by atoms with Gasteiger partial charge in [0, 0.05) is 53.3 Å². The summed E-state index contributed by atoms with van der Waals surface area (Å²) < 4.78 is 0. The summed E-state index contributed by atoms with van der Waals surface area (Å²) in [5, 5.41) is 14.6. The highest BCUT2D eigenvalue weighted by molar-refractivity contribution is 6.12. The topological polar surface area (TPSA) is 105 Å². The zero-order valence-electron chi connectivity index (χ0n) is 18.3. The van der Waals surface area contributed by atoms with Crippen molar-refractivity contribution in [2.24, 2.45) is 5.92 Å². The number of non-ortho nitro benzene ring substituents is 1. The minimum Gasteiger partial charge on any atom is -0.324 e. The van der Waals surface area contributed by atoms with Gasteiger partial charge < -0.3 is 5.32 Å². The molecular weight excluding hydrogens is 432 g/mol. The molecule has 2 saturated heterocycles. The van der Waals surface area contributed by atoms with Gasteiger partial charge in [-0.1, -0.05) is 30.3 Å². The number of Topliss-reactive ketones (excluding diaryl/α,β-unsaturated/α-hetero) is 1. The highest BCUT2D eigenvalue weighted by Crippen LogP contribution is 2.61. The average molecular weight is 454 g/mol. The summed E-state index contributed by atoms with van der Waals surface area (Å²) in [6.07, 6.45) is 4.83. The number of amides is 1. The first-order valence-electron chi connectivity index (χ1n) is 11.4. The maximum atomic E-state index is 14.2. The van der Waals surface area contributed by atoms with Gasteiger partial charge in [0.1, 0.15) is 5.54 Å². The molecule has 6 rings (SSSR count). The molecule has 2 aromatic carbocycles. The number of fused-ring (bicyclic) bond motifs is 4. The zero-order valence-corrected chi connectivity index (χ0v) is 18.3. The van der Waals surface area contributed by atoms with Crippen LogP contribution in [0.1, 0.15) is 40.2 Å². The lowest BCUT2D eigenvalue weighted by atomic mass is 9.69. The number of ketones is 1. The van der Waals surface area contributed by atoms with Crippen LogP contribution in [0.3, 0.4) is 0 Å². The summed E-state index contributed by atoms with van der Waals surface area (Å²) in [5.41, 5.74) is 1.44. The maximum absolute atomic E-state index is 14.2. The number of hydrogen-bond acceptors (Lipinski definition) is 6. The molecule has 2 fully saturated rings. The number of carbonyl (C=O) groups excluding carboxylic acids is 2. The summed E-state index contributed by atoms with van der Waals surface area (Å²) in [4.78, 5) is 45.5. The molecule has 1 spiro atoms. The Morgan fingerprint density at radius 2 is 2.00 bits per heavy atom. The Bertz CT molecular complexity index is 1330. The van der Waals surface area contributed by atoms with Crippen LogP contribution in [0.4, 0.5) is 11.4 Å². The molecule has 4 heterocycles. The van der Waals surface area contributed by atoms with Crippen LogP contribution >= 0.6 is 0 Å². The number of para-hydroxylation sites is 1. The number of nitrogens with one attached hydrogen (secondary N) is 1. The second-order valence-corrected chi connectivity index (χ2v) is 9.13. The third kappa shape index (κ3) is 2.72. The van der Waals surface area contributed by atoms with Crippen molar-refractivity contribution in [1.82, 2.24) is 9.88 Å². The highest BCUT2D eigenvalue weighted by atomic mass is 16.6. The predicted molar refractivity (Wildman–Crippen MR) is 124 cm³/mol. The van der Waals surface area contributed by atoms with E-state index in [1.165, 1.54) is 12.3 Å². The quantitative estimate of drug-likeness (QED) is 0.364. The summed E-state index contributed by atoms with van der Waals surface area (Å²) in [6.45, 7) is 0.675. The Kier molecular flexibility index (Phi) is 4.60. The average Bonchev–Trinajstić information content (AvgIpc) is 3.52. The fourth-order valence-corrected chi connectivity index (χ4v) is 6.42. The summed E-state index contributed by atoms with van der Waals surface area (Å²) in [6, 6.07) is 17.4. The number of nitrogens with zero attached hydrogens (tertiary/aromatic N) is 3. The molecule has 0 saturated carbocycles. The molecule has 34 heavy (non-hydrogen) atoms. The van der Waals surface area contributed by atoms with Crippen LogP contribution in [0, 0.1) is 16.0 Å². The van der Waals surface area contributed by atoms with Crippen molar-refractivity contribution in [3.8, 4) is 0 Å². The van der Waals surface area contributed by atoms with Gasteiger partial charge >= 0.3 is 0 Å². The number of pyridine rings is 1. The van der Waals surface area contributed by atoms with Crippen LogP contribution < -0.4 is 5.32 Å². The molecule has 1 amide bonds. The summed E-state index contributed by atoms with van der Waals surface area (Å²) in [7, 11) is 0. The Balaban J connectivity index is 1.62. The number of carbonyl (C=O) groups is 2. The van der Waals surface area contributed by atoms with Crippen molar-refractivity contribution in [2.45, 2.75) is 30.3 Å². The predicted octanol–water partition coefficient (Wildman–Crippen LogP) is 3.90. The lowest BCUT2D eigenvalue weighted by Gasteiger charge is -2.36. The second kappa shape index (κ2) is 7.56. The molecule has 170 valence electrons. The van der Waals surface area contributed by atoms with Crippen LogP contribution in [0.2, 0.25) is 0 Å². The first-order chi connectivity index (χ1) is 16.5. The molecule has 8 nitrogen and oxygen atoms in total. The molecule has 0 unspecified atom stereocenters. The molecule has 0 bridgehead atoms. The lowest BCUT2D eigenvalue weighted by molar-refractivity contribution is -0.384. The Morgan fingerprint density at radius 3 is 2.79 bits per heavy atom. The first kappa shape index (κ1) is 20.7. The molecule has 0 aliphatic carbocycles. The largest absolute Gasteiger partial charge is 0.324 e. The third-order valence-electron chi connectivity index (χ3n) is 7.60. The van der Waals surface area contributed by atoms with E-state index in [9.17, 15) is 19.7 Å². The van der Waals surface area contributed by atoms with E-state index in [1.54, 1.807) is 30.5 Å².